The molecule has 1 fully saturated rings. The van der Waals surface area contributed by atoms with E-state index in [1.807, 2.05) is 13.8 Å². The maximum atomic E-state index is 11.5. The molecule has 0 radical (unpaired) electrons. The van der Waals surface area contributed by atoms with Gasteiger partial charge in [0.25, 0.3) is 0 Å². The lowest BCUT2D eigenvalue weighted by molar-refractivity contribution is -0.120. The molecule has 2 N–H and O–H groups in total. The Kier molecular flexibility index (Phi) is 4.54. The minimum absolute atomic E-state index is 0.0896. The second kappa shape index (κ2) is 6.36. The largest absolute Gasteiger partial charge is 0.478 e. The van der Waals surface area contributed by atoms with Crippen LogP contribution in [-0.4, -0.2) is 35.1 Å². The van der Waals surface area contributed by atoms with Gasteiger partial charge in [-0.1, -0.05) is 0 Å². The fourth-order valence-corrected chi connectivity index (χ4v) is 1.72. The standard InChI is InChI=1S/C13H20N4O2/c1-3-19-13-9(2)12(15-8-16-13)14-7-6-11(18)17-10-4-5-10/h8,10H,3-7H2,1-2H3,(H,17,18)(H,14,15,16). The summed E-state index contributed by atoms with van der Waals surface area (Å²) >= 11 is 0. The van der Waals surface area contributed by atoms with Crippen molar-refractivity contribution in [2.75, 3.05) is 18.5 Å². The number of aromatic nitrogens is 2. The Labute approximate surface area is 113 Å². The van der Waals surface area contributed by atoms with Gasteiger partial charge in [-0.05, 0) is 26.7 Å². The Morgan fingerprint density at radius 1 is 1.47 bits per heavy atom. The fourth-order valence-electron chi connectivity index (χ4n) is 1.72. The first-order valence-corrected chi connectivity index (χ1v) is 6.68. The van der Waals surface area contributed by atoms with Gasteiger partial charge in [-0.15, -0.1) is 0 Å². The number of nitrogens with zero attached hydrogens (tertiary/aromatic N) is 2. The molecule has 1 aromatic heterocycles. The van der Waals surface area contributed by atoms with Gasteiger partial charge >= 0.3 is 0 Å². The quantitative estimate of drug-likeness (QED) is 0.775. The van der Waals surface area contributed by atoms with Crippen LogP contribution < -0.4 is 15.4 Å². The lowest BCUT2D eigenvalue weighted by atomic mass is 10.3. The summed E-state index contributed by atoms with van der Waals surface area (Å²) in [6, 6.07) is 0.415. The molecule has 1 aliphatic carbocycles. The zero-order valence-electron chi connectivity index (χ0n) is 11.4. The molecule has 0 unspecified atom stereocenters. The van der Waals surface area contributed by atoms with Crippen molar-refractivity contribution < 1.29 is 9.53 Å². The maximum absolute atomic E-state index is 11.5. The molecule has 0 saturated heterocycles. The summed E-state index contributed by atoms with van der Waals surface area (Å²) in [6.07, 6.45) is 4.14. The molecule has 0 aromatic carbocycles. The van der Waals surface area contributed by atoms with Crippen molar-refractivity contribution in [2.24, 2.45) is 0 Å². The van der Waals surface area contributed by atoms with Gasteiger partial charge in [0.2, 0.25) is 11.8 Å². The third kappa shape index (κ3) is 4.08. The summed E-state index contributed by atoms with van der Waals surface area (Å²) in [5.74, 6) is 1.40. The summed E-state index contributed by atoms with van der Waals surface area (Å²) in [4.78, 5) is 19.8. The smallest absolute Gasteiger partial charge is 0.221 e. The molecule has 0 bridgehead atoms. The number of nitrogens with one attached hydrogen (secondary N) is 2. The van der Waals surface area contributed by atoms with Crippen molar-refractivity contribution in [3.63, 3.8) is 0 Å². The van der Waals surface area contributed by atoms with E-state index in [9.17, 15) is 4.79 Å². The molecule has 1 heterocycles. The average molecular weight is 264 g/mol. The van der Waals surface area contributed by atoms with Gasteiger partial charge in [0.15, 0.2) is 0 Å². The molecular weight excluding hydrogens is 244 g/mol. The van der Waals surface area contributed by atoms with Crippen LogP contribution in [0.3, 0.4) is 0 Å². The van der Waals surface area contributed by atoms with Crippen LogP contribution in [0.1, 0.15) is 31.7 Å². The second-order valence-corrected chi connectivity index (χ2v) is 4.60. The lowest BCUT2D eigenvalue weighted by Gasteiger charge is -2.11. The van der Waals surface area contributed by atoms with Gasteiger partial charge in [-0.3, -0.25) is 4.79 Å². The highest BCUT2D eigenvalue weighted by Gasteiger charge is 2.22. The third-order valence-corrected chi connectivity index (χ3v) is 2.91. The summed E-state index contributed by atoms with van der Waals surface area (Å²) in [7, 11) is 0. The van der Waals surface area contributed by atoms with E-state index in [0.717, 1.165) is 24.2 Å². The number of ether oxygens (including phenoxy) is 1. The van der Waals surface area contributed by atoms with Gasteiger partial charge in [-0.25, -0.2) is 9.97 Å². The molecule has 19 heavy (non-hydrogen) atoms. The molecule has 1 aromatic rings. The van der Waals surface area contributed by atoms with E-state index in [0.29, 0.717) is 31.5 Å². The van der Waals surface area contributed by atoms with Crippen LogP contribution in [0, 0.1) is 6.92 Å². The highest BCUT2D eigenvalue weighted by Crippen LogP contribution is 2.20. The van der Waals surface area contributed by atoms with Crippen molar-refractivity contribution >= 4 is 11.7 Å². The van der Waals surface area contributed by atoms with Crippen molar-refractivity contribution in [1.82, 2.24) is 15.3 Å². The predicted molar refractivity (Wildman–Crippen MR) is 72.2 cm³/mol. The fraction of sp³-hybridized carbons (Fsp3) is 0.615. The minimum Gasteiger partial charge on any atom is -0.478 e. The van der Waals surface area contributed by atoms with Crippen LogP contribution in [0.15, 0.2) is 6.33 Å². The minimum atomic E-state index is 0.0896. The molecular formula is C13H20N4O2. The first-order chi connectivity index (χ1) is 9.20. The van der Waals surface area contributed by atoms with Crippen LogP contribution in [-0.2, 0) is 4.79 Å². The summed E-state index contributed by atoms with van der Waals surface area (Å²) in [5, 5.41) is 6.09. The highest BCUT2D eigenvalue weighted by atomic mass is 16.5. The number of rotatable bonds is 7. The second-order valence-electron chi connectivity index (χ2n) is 4.60. The molecule has 6 heteroatoms. The summed E-state index contributed by atoms with van der Waals surface area (Å²) in [5.41, 5.74) is 0.868. The Bertz CT molecular complexity index is 446. The SMILES string of the molecule is CCOc1ncnc(NCCC(=O)NC2CC2)c1C. The molecule has 2 rings (SSSR count). The Morgan fingerprint density at radius 3 is 2.95 bits per heavy atom. The Hall–Kier alpha value is -1.85. The number of hydrogen-bond donors (Lipinski definition) is 2. The van der Waals surface area contributed by atoms with E-state index in [1.54, 1.807) is 0 Å². The van der Waals surface area contributed by atoms with Crippen LogP contribution in [0.2, 0.25) is 0 Å². The van der Waals surface area contributed by atoms with E-state index in [1.165, 1.54) is 6.33 Å². The molecule has 1 aliphatic rings. The lowest BCUT2D eigenvalue weighted by Crippen LogP contribution is -2.27. The Balaban J connectivity index is 1.81. The van der Waals surface area contributed by atoms with E-state index >= 15 is 0 Å². The van der Waals surface area contributed by atoms with Gasteiger partial charge in [0, 0.05) is 19.0 Å². The third-order valence-electron chi connectivity index (χ3n) is 2.91. The predicted octanol–water partition coefficient (Wildman–Crippen LogP) is 1.26. The maximum Gasteiger partial charge on any atom is 0.221 e. The van der Waals surface area contributed by atoms with Gasteiger partial charge in [0.05, 0.1) is 12.2 Å². The molecule has 0 aliphatic heterocycles. The van der Waals surface area contributed by atoms with Crippen LogP contribution in [0.25, 0.3) is 0 Å². The zero-order valence-corrected chi connectivity index (χ0v) is 11.4. The Morgan fingerprint density at radius 2 is 2.26 bits per heavy atom. The van der Waals surface area contributed by atoms with Crippen LogP contribution >= 0.6 is 0 Å². The summed E-state index contributed by atoms with van der Waals surface area (Å²) in [6.45, 7) is 4.94. The average Bonchev–Trinajstić information content (AvgIpc) is 3.18. The van der Waals surface area contributed by atoms with Crippen LogP contribution in [0.5, 0.6) is 5.88 Å². The van der Waals surface area contributed by atoms with Gasteiger partial charge < -0.3 is 15.4 Å². The monoisotopic (exact) mass is 264 g/mol. The number of hydrogen-bond acceptors (Lipinski definition) is 5. The van der Waals surface area contributed by atoms with E-state index in [4.69, 9.17) is 4.74 Å². The van der Waals surface area contributed by atoms with E-state index < -0.39 is 0 Å². The number of carbonyl (C=O) groups excluding carboxylic acids is 1. The summed E-state index contributed by atoms with van der Waals surface area (Å²) < 4.78 is 5.40. The zero-order chi connectivity index (χ0) is 13.7. The molecule has 0 spiro atoms. The first-order valence-electron chi connectivity index (χ1n) is 6.68. The molecule has 1 saturated carbocycles. The van der Waals surface area contributed by atoms with Crippen molar-refractivity contribution in [3.05, 3.63) is 11.9 Å². The molecule has 104 valence electrons. The highest BCUT2D eigenvalue weighted by molar-refractivity contribution is 5.77. The van der Waals surface area contributed by atoms with Crippen molar-refractivity contribution in [2.45, 2.75) is 39.2 Å². The van der Waals surface area contributed by atoms with E-state index in [2.05, 4.69) is 20.6 Å². The van der Waals surface area contributed by atoms with E-state index in [-0.39, 0.29) is 5.91 Å². The topological polar surface area (TPSA) is 76.1 Å². The number of anilines is 1. The van der Waals surface area contributed by atoms with Gasteiger partial charge in [-0.2, -0.15) is 0 Å². The first kappa shape index (κ1) is 13.6. The van der Waals surface area contributed by atoms with Crippen molar-refractivity contribution in [3.8, 4) is 5.88 Å². The number of carbonyl (C=O) groups is 1. The normalized spacial score (nSPS) is 14.0. The number of amides is 1. The molecule has 1 amide bonds. The van der Waals surface area contributed by atoms with Crippen molar-refractivity contribution in [1.29, 1.82) is 0 Å². The van der Waals surface area contributed by atoms with Gasteiger partial charge in [0.1, 0.15) is 12.1 Å². The van der Waals surface area contributed by atoms with Crippen LogP contribution in [0.4, 0.5) is 5.82 Å². The molecule has 6 nitrogen and oxygen atoms in total. The molecule has 0 atom stereocenters.